The molecule has 0 bridgehead atoms. The van der Waals surface area contributed by atoms with E-state index in [1.54, 1.807) is 0 Å². The van der Waals surface area contributed by atoms with E-state index in [2.05, 4.69) is 10.6 Å². The summed E-state index contributed by atoms with van der Waals surface area (Å²) in [4.78, 5) is 11.9. The zero-order chi connectivity index (χ0) is 9.97. The highest BCUT2D eigenvalue weighted by Gasteiger charge is 2.35. The van der Waals surface area contributed by atoms with E-state index < -0.39 is 0 Å². The number of carbonyl (C=O) groups excluding carboxylic acids is 1. The van der Waals surface area contributed by atoms with E-state index in [1.165, 1.54) is 0 Å². The van der Waals surface area contributed by atoms with Crippen molar-refractivity contribution in [1.29, 1.82) is 0 Å². The number of hydrogen-bond donors (Lipinski definition) is 2. The SMILES string of the molecule is O=C(C1CNCCO1)C1NCCC1[S]. The second kappa shape index (κ2) is 4.61. The first-order valence-electron chi connectivity index (χ1n) is 5.04. The quantitative estimate of drug-likeness (QED) is 0.650. The molecule has 14 heavy (non-hydrogen) atoms. The minimum Gasteiger partial charge on any atom is -0.368 e. The van der Waals surface area contributed by atoms with E-state index in [9.17, 15) is 4.79 Å². The van der Waals surface area contributed by atoms with Gasteiger partial charge >= 0.3 is 0 Å². The van der Waals surface area contributed by atoms with E-state index in [1.807, 2.05) is 0 Å². The molecular formula is C9H15N2O2S. The van der Waals surface area contributed by atoms with E-state index in [-0.39, 0.29) is 23.2 Å². The van der Waals surface area contributed by atoms with Crippen molar-refractivity contribution in [3.63, 3.8) is 0 Å². The molecule has 2 saturated heterocycles. The predicted octanol–water partition coefficient (Wildman–Crippen LogP) is -0.528. The van der Waals surface area contributed by atoms with E-state index in [0.717, 1.165) is 19.5 Å². The van der Waals surface area contributed by atoms with Crippen LogP contribution in [-0.2, 0) is 9.53 Å². The summed E-state index contributed by atoms with van der Waals surface area (Å²) in [5, 5.41) is 6.32. The third-order valence-corrected chi connectivity index (χ3v) is 3.22. The lowest BCUT2D eigenvalue weighted by Gasteiger charge is -2.25. The number of Topliss-reactive ketones (excluding diaryl/α,β-unsaturated/α-hetero) is 1. The summed E-state index contributed by atoms with van der Waals surface area (Å²) in [7, 11) is 0. The third-order valence-electron chi connectivity index (χ3n) is 2.72. The third kappa shape index (κ3) is 2.11. The first-order chi connectivity index (χ1) is 6.79. The minimum atomic E-state index is -0.301. The molecule has 3 unspecified atom stereocenters. The number of ether oxygens (including phenoxy) is 1. The van der Waals surface area contributed by atoms with Gasteiger partial charge in [0.15, 0.2) is 5.78 Å². The fraction of sp³-hybridized carbons (Fsp3) is 0.889. The molecule has 2 fully saturated rings. The maximum absolute atomic E-state index is 11.9. The first-order valence-corrected chi connectivity index (χ1v) is 5.51. The van der Waals surface area contributed by atoms with Gasteiger partial charge in [0.2, 0.25) is 0 Å². The molecule has 5 heteroatoms. The highest BCUT2D eigenvalue weighted by Crippen LogP contribution is 2.16. The Morgan fingerprint density at radius 3 is 2.86 bits per heavy atom. The van der Waals surface area contributed by atoms with Gasteiger partial charge in [-0.3, -0.25) is 4.79 Å². The lowest BCUT2D eigenvalue weighted by atomic mass is 10.0. The van der Waals surface area contributed by atoms with Crippen LogP contribution in [0.25, 0.3) is 0 Å². The topological polar surface area (TPSA) is 50.4 Å². The zero-order valence-electron chi connectivity index (χ0n) is 7.99. The molecule has 2 aliphatic heterocycles. The van der Waals surface area contributed by atoms with Crippen molar-refractivity contribution >= 4 is 18.4 Å². The summed E-state index contributed by atoms with van der Waals surface area (Å²) in [6, 6.07) is -0.171. The van der Waals surface area contributed by atoms with E-state index >= 15 is 0 Å². The molecule has 0 amide bonds. The highest BCUT2D eigenvalue weighted by atomic mass is 32.1. The van der Waals surface area contributed by atoms with Crippen LogP contribution in [0, 0.1) is 0 Å². The van der Waals surface area contributed by atoms with Crippen molar-refractivity contribution in [1.82, 2.24) is 10.6 Å². The van der Waals surface area contributed by atoms with Gasteiger partial charge in [0.25, 0.3) is 0 Å². The summed E-state index contributed by atoms with van der Waals surface area (Å²) < 4.78 is 5.40. The van der Waals surface area contributed by atoms with Crippen LogP contribution in [0.15, 0.2) is 0 Å². The van der Waals surface area contributed by atoms with Crippen molar-refractivity contribution in [2.24, 2.45) is 0 Å². The summed E-state index contributed by atoms with van der Waals surface area (Å²) in [5.74, 6) is 0.120. The lowest BCUT2D eigenvalue weighted by molar-refractivity contribution is -0.133. The fourth-order valence-corrected chi connectivity index (χ4v) is 2.26. The summed E-state index contributed by atoms with van der Waals surface area (Å²) in [6.07, 6.45) is 0.608. The van der Waals surface area contributed by atoms with Gasteiger partial charge in [0.05, 0.1) is 12.6 Å². The molecule has 0 aromatic carbocycles. The van der Waals surface area contributed by atoms with Gasteiger partial charge in [-0.25, -0.2) is 0 Å². The number of ketones is 1. The number of morpholine rings is 1. The predicted molar refractivity (Wildman–Crippen MR) is 55.4 cm³/mol. The molecule has 0 aliphatic carbocycles. The van der Waals surface area contributed by atoms with Crippen LogP contribution >= 0.6 is 12.6 Å². The van der Waals surface area contributed by atoms with Gasteiger partial charge in [-0.2, -0.15) is 0 Å². The normalized spacial score (nSPS) is 38.5. The molecule has 2 aliphatic rings. The highest BCUT2D eigenvalue weighted by molar-refractivity contribution is 7.81. The number of nitrogens with one attached hydrogen (secondary N) is 2. The lowest BCUT2D eigenvalue weighted by Crippen LogP contribution is -2.50. The molecule has 79 valence electrons. The van der Waals surface area contributed by atoms with Crippen LogP contribution in [-0.4, -0.2) is 49.4 Å². The minimum absolute atomic E-state index is 0.0352. The van der Waals surface area contributed by atoms with Crippen LogP contribution in [0.5, 0.6) is 0 Å². The Bertz CT molecular complexity index is 219. The molecule has 1 radical (unpaired) electrons. The average Bonchev–Trinajstić information content (AvgIpc) is 2.65. The number of hydrogen-bond acceptors (Lipinski definition) is 4. The largest absolute Gasteiger partial charge is 0.368 e. The summed E-state index contributed by atoms with van der Waals surface area (Å²) in [6.45, 7) is 2.92. The van der Waals surface area contributed by atoms with Crippen LogP contribution < -0.4 is 10.6 Å². The molecule has 0 spiro atoms. The Balaban J connectivity index is 1.92. The van der Waals surface area contributed by atoms with E-state index in [0.29, 0.717) is 13.2 Å². The number of rotatable bonds is 2. The van der Waals surface area contributed by atoms with Crippen molar-refractivity contribution in [3.8, 4) is 0 Å². The van der Waals surface area contributed by atoms with Gasteiger partial charge < -0.3 is 15.4 Å². The van der Waals surface area contributed by atoms with Gasteiger partial charge in [0.1, 0.15) is 6.10 Å². The van der Waals surface area contributed by atoms with Crippen molar-refractivity contribution < 1.29 is 9.53 Å². The fourth-order valence-electron chi connectivity index (χ4n) is 1.91. The maximum Gasteiger partial charge on any atom is 0.180 e. The Morgan fingerprint density at radius 1 is 1.43 bits per heavy atom. The van der Waals surface area contributed by atoms with Crippen molar-refractivity contribution in [2.45, 2.75) is 23.8 Å². The molecular weight excluding hydrogens is 200 g/mol. The molecule has 2 heterocycles. The van der Waals surface area contributed by atoms with Crippen LogP contribution in [0.1, 0.15) is 6.42 Å². The van der Waals surface area contributed by atoms with Gasteiger partial charge in [-0.1, -0.05) is 12.6 Å². The van der Waals surface area contributed by atoms with Gasteiger partial charge in [-0.05, 0) is 13.0 Å². The first kappa shape index (κ1) is 10.4. The smallest absolute Gasteiger partial charge is 0.180 e. The standard InChI is InChI=1S/C9H15N2O2S/c12-9(6-5-10-3-4-13-6)8-7(14)1-2-11-8/h6-8,10-11H,1-5H2. The Kier molecular flexibility index (Phi) is 3.43. The molecule has 3 atom stereocenters. The Hall–Kier alpha value is -0.100. The summed E-state index contributed by atoms with van der Waals surface area (Å²) in [5.41, 5.74) is 0. The van der Waals surface area contributed by atoms with Crippen LogP contribution in [0.3, 0.4) is 0 Å². The Labute approximate surface area is 89.2 Å². The van der Waals surface area contributed by atoms with Gasteiger partial charge in [0, 0.05) is 18.3 Å². The molecule has 0 aromatic rings. The van der Waals surface area contributed by atoms with Crippen LogP contribution in [0.4, 0.5) is 0 Å². The van der Waals surface area contributed by atoms with E-state index in [4.69, 9.17) is 17.4 Å². The summed E-state index contributed by atoms with van der Waals surface area (Å²) >= 11 is 5.21. The van der Waals surface area contributed by atoms with Gasteiger partial charge in [-0.15, -0.1) is 0 Å². The zero-order valence-corrected chi connectivity index (χ0v) is 8.81. The van der Waals surface area contributed by atoms with Crippen molar-refractivity contribution in [2.75, 3.05) is 26.2 Å². The van der Waals surface area contributed by atoms with Crippen LogP contribution in [0.2, 0.25) is 0 Å². The molecule has 0 saturated carbocycles. The maximum atomic E-state index is 11.9. The molecule has 2 rings (SSSR count). The van der Waals surface area contributed by atoms with Crippen molar-refractivity contribution in [3.05, 3.63) is 0 Å². The molecule has 0 aromatic heterocycles. The molecule has 2 N–H and O–H groups in total. The Morgan fingerprint density at radius 2 is 2.29 bits per heavy atom. The molecule has 4 nitrogen and oxygen atoms in total. The average molecular weight is 215 g/mol. The second-order valence-electron chi connectivity index (χ2n) is 3.72. The number of carbonyl (C=O) groups is 1. The monoisotopic (exact) mass is 215 g/mol. The second-order valence-corrected chi connectivity index (χ2v) is 4.33.